The third kappa shape index (κ3) is 2.03. The van der Waals surface area contributed by atoms with Crippen molar-refractivity contribution in [1.82, 2.24) is 10.2 Å². The van der Waals surface area contributed by atoms with Crippen molar-refractivity contribution in [3.05, 3.63) is 18.0 Å². The van der Waals surface area contributed by atoms with E-state index < -0.39 is 17.8 Å². The monoisotopic (exact) mass is 289 g/mol. The van der Waals surface area contributed by atoms with E-state index in [9.17, 15) is 14.7 Å². The Morgan fingerprint density at radius 1 is 1.19 bits per heavy atom. The van der Waals surface area contributed by atoms with Crippen LogP contribution in [0.5, 0.6) is 0 Å². The van der Waals surface area contributed by atoms with Gasteiger partial charge < -0.3 is 9.52 Å². The lowest BCUT2D eigenvalue weighted by atomic mass is 9.82. The molecule has 2 saturated carbocycles. The average Bonchev–Trinajstić information content (AvgIpc) is 2.88. The molecule has 2 bridgehead atoms. The Kier molecular flexibility index (Phi) is 2.63. The number of nitrogens with one attached hydrogen (secondary N) is 1. The van der Waals surface area contributed by atoms with Gasteiger partial charge in [0.25, 0.3) is 0 Å². The van der Waals surface area contributed by atoms with Crippen molar-refractivity contribution >= 4 is 17.9 Å². The lowest BCUT2D eigenvalue weighted by Crippen LogP contribution is -2.36. The number of hydrogen-bond donors (Lipinski definition) is 2. The largest absolute Gasteiger partial charge is 0.481 e. The fourth-order valence-corrected chi connectivity index (χ4v) is 3.49. The van der Waals surface area contributed by atoms with Crippen LogP contribution in [0, 0.1) is 23.7 Å². The molecule has 4 atom stereocenters. The zero-order valence-electron chi connectivity index (χ0n) is 11.2. The van der Waals surface area contributed by atoms with Gasteiger partial charge in [0.1, 0.15) is 0 Å². The molecule has 2 N–H and O–H groups in total. The van der Waals surface area contributed by atoms with Crippen LogP contribution in [-0.2, 0) is 9.59 Å². The van der Waals surface area contributed by atoms with Crippen LogP contribution in [0.25, 0.3) is 0 Å². The molecule has 2 fully saturated rings. The highest BCUT2D eigenvalue weighted by Gasteiger charge is 2.51. The van der Waals surface area contributed by atoms with Crippen LogP contribution in [-0.4, -0.2) is 27.2 Å². The molecule has 1 aromatic rings. The fourth-order valence-electron chi connectivity index (χ4n) is 3.49. The van der Waals surface area contributed by atoms with Gasteiger partial charge in [0.05, 0.1) is 11.8 Å². The Labute approximate surface area is 120 Å². The number of anilines is 1. The van der Waals surface area contributed by atoms with E-state index in [0.717, 1.165) is 19.3 Å². The normalized spacial score (nSPS) is 33.3. The number of carbonyl (C=O) groups is 2. The minimum atomic E-state index is -0.920. The van der Waals surface area contributed by atoms with E-state index in [1.54, 1.807) is 0 Å². The first kappa shape index (κ1) is 12.6. The molecule has 0 aromatic carbocycles. The van der Waals surface area contributed by atoms with Crippen LogP contribution in [0.15, 0.2) is 16.6 Å². The number of carboxylic acid groups (broad SMARTS) is 1. The predicted octanol–water partition coefficient (Wildman–Crippen LogP) is 1.41. The molecule has 21 heavy (non-hydrogen) atoms. The number of amides is 1. The Bertz CT molecular complexity index is 634. The van der Waals surface area contributed by atoms with Gasteiger partial charge in [0.15, 0.2) is 0 Å². The molecule has 110 valence electrons. The molecule has 1 amide bonds. The first-order valence-corrected chi connectivity index (χ1v) is 7.19. The minimum Gasteiger partial charge on any atom is -0.481 e. The van der Waals surface area contributed by atoms with Crippen molar-refractivity contribution in [2.45, 2.75) is 25.2 Å². The highest BCUT2D eigenvalue weighted by Crippen LogP contribution is 2.48. The third-order valence-electron chi connectivity index (χ3n) is 4.64. The van der Waals surface area contributed by atoms with Crippen molar-refractivity contribution in [2.75, 3.05) is 5.32 Å². The van der Waals surface area contributed by atoms with Gasteiger partial charge in [0.2, 0.25) is 11.8 Å². The van der Waals surface area contributed by atoms with Gasteiger partial charge in [-0.1, -0.05) is 17.3 Å². The molecule has 0 saturated heterocycles. The average molecular weight is 289 g/mol. The molecule has 7 nitrogen and oxygen atoms in total. The van der Waals surface area contributed by atoms with Crippen molar-refractivity contribution in [3.8, 4) is 0 Å². The lowest BCUT2D eigenvalue weighted by molar-refractivity contribution is -0.146. The summed E-state index contributed by atoms with van der Waals surface area (Å²) in [6, 6.07) is 0.0674. The Morgan fingerprint density at radius 3 is 2.57 bits per heavy atom. The van der Waals surface area contributed by atoms with Gasteiger partial charge in [-0.05, 0) is 31.1 Å². The van der Waals surface area contributed by atoms with E-state index in [2.05, 4.69) is 15.5 Å². The summed E-state index contributed by atoms with van der Waals surface area (Å²) in [7, 11) is 0. The number of allylic oxidation sites excluding steroid dienone is 2. The first-order valence-electron chi connectivity index (χ1n) is 7.19. The maximum atomic E-state index is 12.4. The zero-order chi connectivity index (χ0) is 14.6. The summed E-state index contributed by atoms with van der Waals surface area (Å²) in [5.41, 5.74) is 0. The van der Waals surface area contributed by atoms with E-state index in [0.29, 0.717) is 11.8 Å². The maximum absolute atomic E-state index is 12.4. The summed E-state index contributed by atoms with van der Waals surface area (Å²) in [5, 5.41) is 19.6. The molecule has 1 heterocycles. The number of carboxylic acids is 1. The van der Waals surface area contributed by atoms with Gasteiger partial charge in [-0.15, -0.1) is 5.10 Å². The molecular weight excluding hydrogens is 274 g/mol. The van der Waals surface area contributed by atoms with E-state index in [-0.39, 0.29) is 23.8 Å². The van der Waals surface area contributed by atoms with Crippen molar-refractivity contribution in [3.63, 3.8) is 0 Å². The van der Waals surface area contributed by atoms with Gasteiger partial charge in [-0.25, -0.2) is 0 Å². The van der Waals surface area contributed by atoms with Gasteiger partial charge in [-0.3, -0.25) is 14.9 Å². The summed E-state index contributed by atoms with van der Waals surface area (Å²) >= 11 is 0. The minimum absolute atomic E-state index is 0.0121. The summed E-state index contributed by atoms with van der Waals surface area (Å²) in [4.78, 5) is 23.8. The Balaban J connectivity index is 1.50. The van der Waals surface area contributed by atoms with Gasteiger partial charge in [0, 0.05) is 5.92 Å². The lowest BCUT2D eigenvalue weighted by Gasteiger charge is -2.22. The molecule has 0 radical (unpaired) electrons. The van der Waals surface area contributed by atoms with Crippen LogP contribution in [0.3, 0.4) is 0 Å². The van der Waals surface area contributed by atoms with Crippen LogP contribution in [0.4, 0.5) is 6.01 Å². The molecule has 3 aliphatic carbocycles. The molecular formula is C14H15N3O4. The maximum Gasteiger partial charge on any atom is 0.322 e. The second kappa shape index (κ2) is 4.41. The molecule has 1 aromatic heterocycles. The number of hydrogen-bond acceptors (Lipinski definition) is 5. The van der Waals surface area contributed by atoms with Crippen molar-refractivity contribution in [2.24, 2.45) is 23.7 Å². The summed E-state index contributed by atoms with van der Waals surface area (Å²) < 4.78 is 5.39. The highest BCUT2D eigenvalue weighted by molar-refractivity contribution is 5.94. The Hall–Kier alpha value is -2.18. The van der Waals surface area contributed by atoms with Crippen molar-refractivity contribution < 1.29 is 19.1 Å². The van der Waals surface area contributed by atoms with Gasteiger partial charge in [-0.2, -0.15) is 0 Å². The van der Waals surface area contributed by atoms with E-state index >= 15 is 0 Å². The summed E-state index contributed by atoms with van der Waals surface area (Å²) in [6.07, 6.45) is 6.65. The molecule has 7 heteroatoms. The first-order chi connectivity index (χ1) is 10.1. The predicted molar refractivity (Wildman–Crippen MR) is 70.3 cm³/mol. The van der Waals surface area contributed by atoms with Crippen LogP contribution < -0.4 is 5.32 Å². The fraction of sp³-hybridized carbons (Fsp3) is 0.571. The molecule has 0 aliphatic heterocycles. The third-order valence-corrected chi connectivity index (χ3v) is 4.64. The quantitative estimate of drug-likeness (QED) is 0.812. The zero-order valence-corrected chi connectivity index (χ0v) is 11.2. The number of nitrogens with zero attached hydrogens (tertiary/aromatic N) is 2. The van der Waals surface area contributed by atoms with E-state index in [1.165, 1.54) is 0 Å². The van der Waals surface area contributed by atoms with Gasteiger partial charge >= 0.3 is 12.0 Å². The number of carbonyl (C=O) groups excluding carboxylic acids is 1. The molecule has 2 unspecified atom stereocenters. The van der Waals surface area contributed by atoms with Crippen LogP contribution in [0.1, 0.15) is 31.1 Å². The molecule has 3 aliphatic rings. The smallest absolute Gasteiger partial charge is 0.322 e. The second-order valence-corrected chi connectivity index (χ2v) is 6.05. The topological polar surface area (TPSA) is 105 Å². The molecule has 4 rings (SSSR count). The van der Waals surface area contributed by atoms with Crippen LogP contribution in [0.2, 0.25) is 0 Å². The number of aromatic nitrogens is 2. The van der Waals surface area contributed by atoms with Crippen LogP contribution >= 0.6 is 0 Å². The second-order valence-electron chi connectivity index (χ2n) is 6.05. The van der Waals surface area contributed by atoms with E-state index in [4.69, 9.17) is 4.42 Å². The SMILES string of the molecule is O=C(O)[C@@H]1C2C=CC(C2)[C@@H]1C(=O)Nc1nnc(C2CC2)o1. The number of fused-ring (bicyclic) bond motifs is 2. The highest BCUT2D eigenvalue weighted by atomic mass is 16.4. The Morgan fingerprint density at radius 2 is 1.90 bits per heavy atom. The van der Waals surface area contributed by atoms with E-state index in [1.807, 2.05) is 12.2 Å². The number of aliphatic carboxylic acids is 1. The number of rotatable bonds is 4. The standard InChI is InChI=1S/C14H15N3O4/c18-11(15-14-17-16-12(21-14)6-1-2-6)9-7-3-4-8(5-7)10(9)13(19)20/h3-4,6-10H,1-2,5H2,(H,19,20)(H,15,17,18)/t7?,8?,9-,10+/m0/s1. The molecule has 0 spiro atoms. The summed E-state index contributed by atoms with van der Waals surface area (Å²) in [6.45, 7) is 0. The summed E-state index contributed by atoms with van der Waals surface area (Å²) in [5.74, 6) is -1.68. The van der Waals surface area contributed by atoms with Crippen molar-refractivity contribution in [1.29, 1.82) is 0 Å².